The Balaban J connectivity index is 2.38. The summed E-state index contributed by atoms with van der Waals surface area (Å²) in [7, 11) is 0. The molecule has 1 N–H and O–H groups in total. The van der Waals surface area contributed by atoms with Crippen molar-refractivity contribution in [3.05, 3.63) is 0 Å². The zero-order valence-electron chi connectivity index (χ0n) is 10.8. The number of nitrogens with zero attached hydrogens (tertiary/aromatic N) is 1. The highest BCUT2D eigenvalue weighted by molar-refractivity contribution is 4.78. The van der Waals surface area contributed by atoms with Crippen LogP contribution >= 0.6 is 0 Å². The molecular formula is C13H28N2. The molecule has 90 valence electrons. The number of nitrogens with one attached hydrogen (secondary N) is 1. The van der Waals surface area contributed by atoms with E-state index < -0.39 is 0 Å². The lowest BCUT2D eigenvalue weighted by Crippen LogP contribution is -2.46. The minimum Gasteiger partial charge on any atom is -0.315 e. The number of likely N-dealkylation sites (N-methyl/N-ethyl adjacent to an activating group) is 1. The summed E-state index contributed by atoms with van der Waals surface area (Å²) in [6.07, 6.45) is 5.48. The van der Waals surface area contributed by atoms with E-state index in [1.54, 1.807) is 0 Å². The van der Waals surface area contributed by atoms with E-state index in [1.807, 2.05) is 0 Å². The lowest BCUT2D eigenvalue weighted by molar-refractivity contribution is 0.121. The van der Waals surface area contributed by atoms with Gasteiger partial charge in [-0.2, -0.15) is 0 Å². The standard InChI is InChI=1S/C13H28N2/c1-4-7-13(10-14-5-2)15-9-6-8-12(3)11-15/h12-14H,4-11H2,1-3H3. The number of piperidine rings is 1. The van der Waals surface area contributed by atoms with Crippen molar-refractivity contribution in [2.24, 2.45) is 5.92 Å². The molecule has 2 heteroatoms. The van der Waals surface area contributed by atoms with Crippen molar-refractivity contribution in [2.75, 3.05) is 26.2 Å². The van der Waals surface area contributed by atoms with E-state index in [0.717, 1.165) is 18.5 Å². The summed E-state index contributed by atoms with van der Waals surface area (Å²) >= 11 is 0. The molecule has 0 aliphatic carbocycles. The average Bonchev–Trinajstić information content (AvgIpc) is 2.24. The van der Waals surface area contributed by atoms with E-state index in [2.05, 4.69) is 31.0 Å². The van der Waals surface area contributed by atoms with Crippen LogP contribution in [0.3, 0.4) is 0 Å². The van der Waals surface area contributed by atoms with Gasteiger partial charge in [0.05, 0.1) is 0 Å². The fraction of sp³-hybridized carbons (Fsp3) is 1.00. The van der Waals surface area contributed by atoms with Crippen LogP contribution in [-0.4, -0.2) is 37.1 Å². The van der Waals surface area contributed by atoms with Crippen molar-refractivity contribution in [2.45, 2.75) is 52.5 Å². The van der Waals surface area contributed by atoms with Gasteiger partial charge in [0.1, 0.15) is 0 Å². The summed E-state index contributed by atoms with van der Waals surface area (Å²) < 4.78 is 0. The Labute approximate surface area is 95.4 Å². The molecule has 0 bridgehead atoms. The predicted molar refractivity (Wildman–Crippen MR) is 67.2 cm³/mol. The van der Waals surface area contributed by atoms with Crippen LogP contribution in [0.1, 0.15) is 46.5 Å². The summed E-state index contributed by atoms with van der Waals surface area (Å²) in [6.45, 7) is 11.8. The Hall–Kier alpha value is -0.0800. The third kappa shape index (κ3) is 4.52. The second kappa shape index (κ2) is 7.24. The number of likely N-dealkylation sites (tertiary alicyclic amines) is 1. The molecule has 0 aromatic rings. The Bertz CT molecular complexity index is 159. The molecule has 2 atom stereocenters. The number of hydrogen-bond donors (Lipinski definition) is 1. The van der Waals surface area contributed by atoms with Crippen LogP contribution < -0.4 is 5.32 Å². The predicted octanol–water partition coefficient (Wildman–Crippen LogP) is 2.50. The smallest absolute Gasteiger partial charge is 0.0220 e. The van der Waals surface area contributed by atoms with Gasteiger partial charge in [-0.05, 0) is 38.3 Å². The third-order valence-electron chi connectivity index (χ3n) is 3.46. The Morgan fingerprint density at radius 3 is 2.80 bits per heavy atom. The fourth-order valence-corrected chi connectivity index (χ4v) is 2.62. The van der Waals surface area contributed by atoms with E-state index in [1.165, 1.54) is 45.3 Å². The molecule has 1 saturated heterocycles. The maximum atomic E-state index is 3.50. The first-order valence-corrected chi connectivity index (χ1v) is 6.72. The monoisotopic (exact) mass is 212 g/mol. The minimum atomic E-state index is 0.776. The van der Waals surface area contributed by atoms with Crippen LogP contribution in [0.4, 0.5) is 0 Å². The Morgan fingerprint density at radius 1 is 1.40 bits per heavy atom. The largest absolute Gasteiger partial charge is 0.315 e. The number of rotatable bonds is 6. The summed E-state index contributed by atoms with van der Waals surface area (Å²) in [5.41, 5.74) is 0. The Morgan fingerprint density at radius 2 is 2.20 bits per heavy atom. The van der Waals surface area contributed by atoms with E-state index in [9.17, 15) is 0 Å². The van der Waals surface area contributed by atoms with Crippen molar-refractivity contribution < 1.29 is 0 Å². The SMILES string of the molecule is CCCC(CNCC)N1CCCC(C)C1. The third-order valence-corrected chi connectivity index (χ3v) is 3.46. The molecule has 2 unspecified atom stereocenters. The molecule has 0 aromatic carbocycles. The highest BCUT2D eigenvalue weighted by Gasteiger charge is 2.22. The molecule has 0 amide bonds. The van der Waals surface area contributed by atoms with Gasteiger partial charge in [0.25, 0.3) is 0 Å². The first-order chi connectivity index (χ1) is 7.27. The fourth-order valence-electron chi connectivity index (χ4n) is 2.62. The molecule has 15 heavy (non-hydrogen) atoms. The van der Waals surface area contributed by atoms with Gasteiger partial charge >= 0.3 is 0 Å². The van der Waals surface area contributed by atoms with E-state index in [4.69, 9.17) is 0 Å². The summed E-state index contributed by atoms with van der Waals surface area (Å²) in [5, 5.41) is 3.50. The minimum absolute atomic E-state index is 0.776. The van der Waals surface area contributed by atoms with Crippen LogP contribution in [0.2, 0.25) is 0 Å². The molecule has 1 aliphatic rings. The summed E-state index contributed by atoms with van der Waals surface area (Å²) in [6, 6.07) is 0.776. The Kier molecular flexibility index (Phi) is 6.26. The molecular weight excluding hydrogens is 184 g/mol. The zero-order chi connectivity index (χ0) is 11.1. The van der Waals surface area contributed by atoms with Gasteiger partial charge in [-0.15, -0.1) is 0 Å². The molecule has 0 radical (unpaired) electrons. The van der Waals surface area contributed by atoms with Crippen LogP contribution in [0.25, 0.3) is 0 Å². The van der Waals surface area contributed by atoms with E-state index >= 15 is 0 Å². The van der Waals surface area contributed by atoms with E-state index in [-0.39, 0.29) is 0 Å². The molecule has 0 saturated carbocycles. The van der Waals surface area contributed by atoms with Gasteiger partial charge < -0.3 is 5.32 Å². The molecule has 1 aliphatic heterocycles. The topological polar surface area (TPSA) is 15.3 Å². The molecule has 0 spiro atoms. The normalized spacial score (nSPS) is 25.4. The van der Waals surface area contributed by atoms with Crippen LogP contribution in [0.5, 0.6) is 0 Å². The summed E-state index contributed by atoms with van der Waals surface area (Å²) in [4.78, 5) is 2.71. The second-order valence-corrected chi connectivity index (χ2v) is 4.99. The quantitative estimate of drug-likeness (QED) is 0.728. The summed E-state index contributed by atoms with van der Waals surface area (Å²) in [5.74, 6) is 0.903. The molecule has 0 aromatic heterocycles. The highest BCUT2D eigenvalue weighted by Crippen LogP contribution is 2.19. The lowest BCUT2D eigenvalue weighted by Gasteiger charge is -2.37. The maximum absolute atomic E-state index is 3.50. The second-order valence-electron chi connectivity index (χ2n) is 4.99. The molecule has 2 nitrogen and oxygen atoms in total. The first-order valence-electron chi connectivity index (χ1n) is 6.72. The molecule has 1 heterocycles. The van der Waals surface area contributed by atoms with Crippen molar-refractivity contribution in [3.63, 3.8) is 0 Å². The lowest BCUT2D eigenvalue weighted by atomic mass is 9.97. The van der Waals surface area contributed by atoms with Gasteiger partial charge in [0, 0.05) is 19.1 Å². The van der Waals surface area contributed by atoms with Crippen molar-refractivity contribution in [1.82, 2.24) is 10.2 Å². The van der Waals surface area contributed by atoms with Gasteiger partial charge in [0.15, 0.2) is 0 Å². The average molecular weight is 212 g/mol. The van der Waals surface area contributed by atoms with E-state index in [0.29, 0.717) is 0 Å². The van der Waals surface area contributed by atoms with Crippen molar-refractivity contribution >= 4 is 0 Å². The van der Waals surface area contributed by atoms with Gasteiger partial charge in [-0.1, -0.05) is 27.2 Å². The van der Waals surface area contributed by atoms with Crippen LogP contribution in [0.15, 0.2) is 0 Å². The molecule has 1 fully saturated rings. The first kappa shape index (κ1) is 13.0. The molecule has 1 rings (SSSR count). The van der Waals surface area contributed by atoms with Gasteiger partial charge in [0.2, 0.25) is 0 Å². The van der Waals surface area contributed by atoms with Gasteiger partial charge in [-0.25, -0.2) is 0 Å². The van der Waals surface area contributed by atoms with Crippen LogP contribution in [-0.2, 0) is 0 Å². The maximum Gasteiger partial charge on any atom is 0.0220 e. The number of hydrogen-bond acceptors (Lipinski definition) is 2. The van der Waals surface area contributed by atoms with Crippen molar-refractivity contribution in [1.29, 1.82) is 0 Å². The van der Waals surface area contributed by atoms with Crippen molar-refractivity contribution in [3.8, 4) is 0 Å². The highest BCUT2D eigenvalue weighted by atomic mass is 15.2. The van der Waals surface area contributed by atoms with Gasteiger partial charge in [-0.3, -0.25) is 4.90 Å². The zero-order valence-corrected chi connectivity index (χ0v) is 10.8. The van der Waals surface area contributed by atoms with Crippen LogP contribution in [0, 0.1) is 5.92 Å².